The Bertz CT molecular complexity index is 457. The molecule has 1 saturated carbocycles. The van der Waals surface area contributed by atoms with Crippen LogP contribution in [0.4, 0.5) is 0 Å². The fourth-order valence-electron chi connectivity index (χ4n) is 3.04. The van der Waals surface area contributed by atoms with Gasteiger partial charge in [0.1, 0.15) is 24.2 Å². The zero-order valence-corrected chi connectivity index (χ0v) is 11.6. The maximum absolute atomic E-state index is 9.69. The van der Waals surface area contributed by atoms with E-state index in [1.807, 2.05) is 18.2 Å². The van der Waals surface area contributed by atoms with Crippen molar-refractivity contribution >= 4 is 0 Å². The fourth-order valence-corrected chi connectivity index (χ4v) is 3.04. The van der Waals surface area contributed by atoms with Crippen LogP contribution in [-0.2, 0) is 0 Å². The van der Waals surface area contributed by atoms with E-state index in [0.29, 0.717) is 12.7 Å². The van der Waals surface area contributed by atoms with Crippen LogP contribution < -0.4 is 9.47 Å². The van der Waals surface area contributed by atoms with Crippen molar-refractivity contribution in [1.82, 2.24) is 0 Å². The van der Waals surface area contributed by atoms with Crippen molar-refractivity contribution in [3.63, 3.8) is 0 Å². The molecular formula is C16H22O3. The molecular weight excluding hydrogens is 240 g/mol. The van der Waals surface area contributed by atoms with Crippen LogP contribution in [0, 0.1) is 11.8 Å². The number of aliphatic hydroxyl groups is 1. The summed E-state index contributed by atoms with van der Waals surface area (Å²) in [5, 5.41) is 9.69. The van der Waals surface area contributed by atoms with E-state index in [4.69, 9.17) is 9.47 Å². The van der Waals surface area contributed by atoms with Crippen molar-refractivity contribution in [1.29, 1.82) is 0 Å². The smallest absolute Gasteiger partial charge is 0.129 e. The summed E-state index contributed by atoms with van der Waals surface area (Å²) in [5.74, 6) is 3.16. The predicted molar refractivity (Wildman–Crippen MR) is 73.5 cm³/mol. The molecule has 0 saturated heterocycles. The summed E-state index contributed by atoms with van der Waals surface area (Å²) in [6.07, 6.45) is 3.33. The number of benzene rings is 1. The lowest BCUT2D eigenvalue weighted by Gasteiger charge is -2.32. The molecule has 19 heavy (non-hydrogen) atoms. The van der Waals surface area contributed by atoms with Gasteiger partial charge in [-0.2, -0.15) is 0 Å². The molecule has 0 spiro atoms. The van der Waals surface area contributed by atoms with Crippen molar-refractivity contribution < 1.29 is 14.6 Å². The molecule has 1 heterocycles. The summed E-state index contributed by atoms with van der Waals surface area (Å²) in [6, 6.07) is 5.77. The third-order valence-corrected chi connectivity index (χ3v) is 4.59. The van der Waals surface area contributed by atoms with Gasteiger partial charge in [0.25, 0.3) is 0 Å². The average molecular weight is 262 g/mol. The minimum absolute atomic E-state index is 0.315. The summed E-state index contributed by atoms with van der Waals surface area (Å²) in [5.41, 5.74) is 0.873. The third-order valence-electron chi connectivity index (χ3n) is 4.59. The first kappa shape index (κ1) is 12.8. The molecule has 4 unspecified atom stereocenters. The highest BCUT2D eigenvalue weighted by Crippen LogP contribution is 2.37. The minimum atomic E-state index is -0.486. The summed E-state index contributed by atoms with van der Waals surface area (Å²) >= 11 is 0. The molecule has 3 rings (SSSR count). The topological polar surface area (TPSA) is 38.7 Å². The van der Waals surface area contributed by atoms with Crippen LogP contribution in [0.25, 0.3) is 0 Å². The van der Waals surface area contributed by atoms with Gasteiger partial charge in [-0.15, -0.1) is 0 Å². The largest absolute Gasteiger partial charge is 0.490 e. The molecule has 1 fully saturated rings. The first-order chi connectivity index (χ1) is 9.13. The molecule has 0 radical (unpaired) electrons. The SMILES string of the molecule is CC1CCC(Oc2ccc3c(c2)OCC3O)CC1C. The van der Waals surface area contributed by atoms with E-state index in [-0.39, 0.29) is 0 Å². The highest BCUT2D eigenvalue weighted by molar-refractivity contribution is 5.44. The highest BCUT2D eigenvalue weighted by Gasteiger charge is 2.27. The lowest BCUT2D eigenvalue weighted by Crippen LogP contribution is -2.28. The summed E-state index contributed by atoms with van der Waals surface area (Å²) < 4.78 is 11.5. The zero-order valence-electron chi connectivity index (χ0n) is 11.6. The van der Waals surface area contributed by atoms with Gasteiger partial charge in [0.05, 0.1) is 6.10 Å². The van der Waals surface area contributed by atoms with Crippen LogP contribution in [0.3, 0.4) is 0 Å². The van der Waals surface area contributed by atoms with Gasteiger partial charge in [-0.05, 0) is 43.2 Å². The van der Waals surface area contributed by atoms with Crippen molar-refractivity contribution in [2.45, 2.75) is 45.3 Å². The van der Waals surface area contributed by atoms with E-state index in [9.17, 15) is 5.11 Å². The lowest BCUT2D eigenvalue weighted by molar-refractivity contribution is 0.100. The van der Waals surface area contributed by atoms with Crippen LogP contribution in [0.15, 0.2) is 18.2 Å². The van der Waals surface area contributed by atoms with Crippen molar-refractivity contribution in [3.8, 4) is 11.5 Å². The molecule has 104 valence electrons. The van der Waals surface area contributed by atoms with E-state index < -0.39 is 6.10 Å². The Hall–Kier alpha value is -1.22. The quantitative estimate of drug-likeness (QED) is 0.888. The number of aliphatic hydroxyl groups excluding tert-OH is 1. The van der Waals surface area contributed by atoms with Gasteiger partial charge in [0.15, 0.2) is 0 Å². The van der Waals surface area contributed by atoms with Crippen LogP contribution >= 0.6 is 0 Å². The Labute approximate surface area is 114 Å². The monoisotopic (exact) mass is 262 g/mol. The third kappa shape index (κ3) is 2.57. The molecule has 1 aliphatic carbocycles. The Balaban J connectivity index is 1.68. The summed E-state index contributed by atoms with van der Waals surface area (Å²) in [4.78, 5) is 0. The number of fused-ring (bicyclic) bond motifs is 1. The Morgan fingerprint density at radius 3 is 2.84 bits per heavy atom. The number of ether oxygens (including phenoxy) is 2. The normalized spacial score (nSPS) is 33.6. The molecule has 1 aromatic rings. The van der Waals surface area contributed by atoms with Crippen LogP contribution in [0.2, 0.25) is 0 Å². The predicted octanol–water partition coefficient (Wildman–Crippen LogP) is 3.32. The minimum Gasteiger partial charge on any atom is -0.490 e. The van der Waals surface area contributed by atoms with Gasteiger partial charge in [-0.3, -0.25) is 0 Å². The Morgan fingerprint density at radius 2 is 2.05 bits per heavy atom. The molecule has 4 atom stereocenters. The van der Waals surface area contributed by atoms with Crippen LogP contribution in [-0.4, -0.2) is 17.8 Å². The number of hydrogen-bond donors (Lipinski definition) is 1. The molecule has 0 amide bonds. The van der Waals surface area contributed by atoms with E-state index in [2.05, 4.69) is 13.8 Å². The molecule has 3 heteroatoms. The summed E-state index contributed by atoms with van der Waals surface area (Å²) in [7, 11) is 0. The Morgan fingerprint density at radius 1 is 1.21 bits per heavy atom. The van der Waals surface area contributed by atoms with Crippen LogP contribution in [0.5, 0.6) is 11.5 Å². The van der Waals surface area contributed by atoms with Gasteiger partial charge in [-0.1, -0.05) is 13.8 Å². The standard InChI is InChI=1S/C16H22O3/c1-10-3-4-12(7-11(10)2)19-13-5-6-14-15(17)9-18-16(14)8-13/h5-6,8,10-12,15,17H,3-4,7,9H2,1-2H3. The number of rotatable bonds is 2. The molecule has 2 aliphatic rings. The van der Waals surface area contributed by atoms with E-state index in [0.717, 1.165) is 41.7 Å². The van der Waals surface area contributed by atoms with Crippen molar-refractivity contribution in [3.05, 3.63) is 23.8 Å². The average Bonchev–Trinajstić information content (AvgIpc) is 2.75. The van der Waals surface area contributed by atoms with Gasteiger partial charge >= 0.3 is 0 Å². The zero-order chi connectivity index (χ0) is 13.4. The molecule has 0 aromatic heterocycles. The van der Waals surface area contributed by atoms with Gasteiger partial charge in [0, 0.05) is 11.6 Å². The summed E-state index contributed by atoms with van der Waals surface area (Å²) in [6.45, 7) is 4.99. The molecule has 0 bridgehead atoms. The lowest BCUT2D eigenvalue weighted by atomic mass is 9.80. The van der Waals surface area contributed by atoms with E-state index in [1.54, 1.807) is 0 Å². The second kappa shape index (κ2) is 5.04. The van der Waals surface area contributed by atoms with Crippen LogP contribution in [0.1, 0.15) is 44.8 Å². The van der Waals surface area contributed by atoms with Gasteiger partial charge in [-0.25, -0.2) is 0 Å². The van der Waals surface area contributed by atoms with Crippen molar-refractivity contribution in [2.24, 2.45) is 11.8 Å². The van der Waals surface area contributed by atoms with Gasteiger partial charge in [0.2, 0.25) is 0 Å². The molecule has 1 aliphatic heterocycles. The molecule has 1 aromatic carbocycles. The first-order valence-corrected chi connectivity index (χ1v) is 7.25. The van der Waals surface area contributed by atoms with E-state index >= 15 is 0 Å². The Kier molecular flexibility index (Phi) is 3.40. The van der Waals surface area contributed by atoms with Gasteiger partial charge < -0.3 is 14.6 Å². The highest BCUT2D eigenvalue weighted by atomic mass is 16.5. The molecule has 1 N–H and O–H groups in total. The maximum atomic E-state index is 9.69. The first-order valence-electron chi connectivity index (χ1n) is 7.25. The molecule has 3 nitrogen and oxygen atoms in total. The fraction of sp³-hybridized carbons (Fsp3) is 0.625. The van der Waals surface area contributed by atoms with Crippen molar-refractivity contribution in [2.75, 3.05) is 6.61 Å². The number of hydrogen-bond acceptors (Lipinski definition) is 3. The van der Waals surface area contributed by atoms with E-state index in [1.165, 1.54) is 6.42 Å². The second-order valence-electron chi connectivity index (χ2n) is 6.03. The maximum Gasteiger partial charge on any atom is 0.129 e. The second-order valence-corrected chi connectivity index (χ2v) is 6.03.